The molecule has 2 aromatic carbocycles. The predicted octanol–water partition coefficient (Wildman–Crippen LogP) is 6.87. The van der Waals surface area contributed by atoms with Crippen molar-refractivity contribution >= 4 is 58.2 Å². The van der Waals surface area contributed by atoms with E-state index in [4.69, 9.17) is 51.5 Å². The molecule has 2 aromatic rings. The third-order valence-electron chi connectivity index (χ3n) is 3.84. The molecule has 0 radical (unpaired) electrons. The number of aliphatic carboxylic acids is 1. The first-order chi connectivity index (χ1) is 12.0. The van der Waals surface area contributed by atoms with Crippen LogP contribution in [0.2, 0.25) is 20.1 Å². The van der Waals surface area contributed by atoms with Crippen LogP contribution in [-0.2, 0) is 9.59 Å². The van der Waals surface area contributed by atoms with E-state index < -0.39 is 11.9 Å². The first-order valence-corrected chi connectivity index (χ1v) is 9.19. The van der Waals surface area contributed by atoms with E-state index in [9.17, 15) is 9.59 Å². The topological polar surface area (TPSA) is 54.4 Å². The van der Waals surface area contributed by atoms with Gasteiger partial charge in [0.1, 0.15) is 5.78 Å². The van der Waals surface area contributed by atoms with Crippen LogP contribution in [0.25, 0.3) is 0 Å². The SMILES string of the molecule is CC(=O)C(C)c1ccc(Cl)cc1Cl.CC(C(=O)O)c1ccc(Cl)cc1Cl. The van der Waals surface area contributed by atoms with E-state index in [1.807, 2.05) is 6.92 Å². The lowest BCUT2D eigenvalue weighted by Gasteiger charge is -2.09. The van der Waals surface area contributed by atoms with Crippen LogP contribution in [0, 0.1) is 0 Å². The Hall–Kier alpha value is -1.26. The summed E-state index contributed by atoms with van der Waals surface area (Å²) < 4.78 is 0. The van der Waals surface area contributed by atoms with Crippen molar-refractivity contribution in [3.63, 3.8) is 0 Å². The Kier molecular flexibility index (Phi) is 8.91. The lowest BCUT2D eigenvalue weighted by atomic mass is 9.98. The van der Waals surface area contributed by atoms with Crippen molar-refractivity contribution in [2.45, 2.75) is 32.6 Å². The van der Waals surface area contributed by atoms with Gasteiger partial charge in [-0.3, -0.25) is 9.59 Å². The molecule has 140 valence electrons. The number of halogens is 4. The number of carboxylic acids is 1. The second-order valence-corrected chi connectivity index (χ2v) is 7.41. The number of carbonyl (C=O) groups excluding carboxylic acids is 1. The lowest BCUT2D eigenvalue weighted by Crippen LogP contribution is -2.07. The lowest BCUT2D eigenvalue weighted by molar-refractivity contribution is -0.138. The number of hydrogen-bond acceptors (Lipinski definition) is 2. The average molecular weight is 436 g/mol. The normalized spacial score (nSPS) is 12.6. The molecule has 2 unspecified atom stereocenters. The van der Waals surface area contributed by atoms with Gasteiger partial charge >= 0.3 is 5.97 Å². The van der Waals surface area contributed by atoms with E-state index in [2.05, 4.69) is 0 Å². The Bertz CT molecular complexity index is 738. The minimum Gasteiger partial charge on any atom is -0.481 e. The molecule has 1 N–H and O–H groups in total. The van der Waals surface area contributed by atoms with Gasteiger partial charge < -0.3 is 5.11 Å². The van der Waals surface area contributed by atoms with Gasteiger partial charge in [0.2, 0.25) is 0 Å². The van der Waals surface area contributed by atoms with Gasteiger partial charge in [-0.15, -0.1) is 0 Å². The molecule has 2 atom stereocenters. The molecule has 0 spiro atoms. The second-order valence-electron chi connectivity index (χ2n) is 5.72. The highest BCUT2D eigenvalue weighted by molar-refractivity contribution is 6.35. The van der Waals surface area contributed by atoms with Gasteiger partial charge in [0.05, 0.1) is 5.92 Å². The van der Waals surface area contributed by atoms with Crippen molar-refractivity contribution in [1.82, 2.24) is 0 Å². The Morgan fingerprint density at radius 1 is 0.808 bits per heavy atom. The molecule has 0 heterocycles. The zero-order valence-corrected chi connectivity index (χ0v) is 17.4. The Morgan fingerprint density at radius 2 is 1.19 bits per heavy atom. The molecule has 0 aliphatic heterocycles. The third kappa shape index (κ3) is 6.48. The summed E-state index contributed by atoms with van der Waals surface area (Å²) in [6.07, 6.45) is 0. The van der Waals surface area contributed by atoms with Gasteiger partial charge in [0.25, 0.3) is 0 Å². The van der Waals surface area contributed by atoms with E-state index in [0.29, 0.717) is 25.7 Å². The highest BCUT2D eigenvalue weighted by Gasteiger charge is 2.16. The van der Waals surface area contributed by atoms with Crippen molar-refractivity contribution in [2.24, 2.45) is 0 Å². The van der Waals surface area contributed by atoms with Crippen molar-refractivity contribution in [3.05, 3.63) is 67.6 Å². The molecule has 26 heavy (non-hydrogen) atoms. The summed E-state index contributed by atoms with van der Waals surface area (Å²) in [4.78, 5) is 21.7. The van der Waals surface area contributed by atoms with Crippen LogP contribution in [-0.4, -0.2) is 16.9 Å². The number of hydrogen-bond donors (Lipinski definition) is 1. The fourth-order valence-corrected chi connectivity index (χ4v) is 3.20. The molecule has 0 fully saturated rings. The average Bonchev–Trinajstić information content (AvgIpc) is 2.54. The monoisotopic (exact) mass is 434 g/mol. The minimum atomic E-state index is -0.899. The zero-order chi connectivity index (χ0) is 20.0. The Labute approximate surface area is 172 Å². The van der Waals surface area contributed by atoms with E-state index in [-0.39, 0.29) is 11.7 Å². The van der Waals surface area contributed by atoms with Crippen molar-refractivity contribution in [1.29, 1.82) is 0 Å². The molecule has 2 rings (SSSR count). The summed E-state index contributed by atoms with van der Waals surface area (Å²) in [5.74, 6) is -1.57. The maximum Gasteiger partial charge on any atom is 0.310 e. The van der Waals surface area contributed by atoms with E-state index in [1.165, 1.54) is 6.07 Å². The molecule has 0 saturated carbocycles. The number of carbonyl (C=O) groups is 2. The molecule has 0 saturated heterocycles. The van der Waals surface area contributed by atoms with Gasteiger partial charge in [-0.25, -0.2) is 0 Å². The van der Waals surface area contributed by atoms with Crippen molar-refractivity contribution < 1.29 is 14.7 Å². The van der Waals surface area contributed by atoms with Crippen LogP contribution >= 0.6 is 46.4 Å². The molecule has 0 aliphatic carbocycles. The molecular weight excluding hydrogens is 418 g/mol. The summed E-state index contributed by atoms with van der Waals surface area (Å²) in [6.45, 7) is 4.96. The predicted molar refractivity (Wildman–Crippen MR) is 108 cm³/mol. The summed E-state index contributed by atoms with van der Waals surface area (Å²) in [6, 6.07) is 9.97. The molecular formula is C19H18Cl4O3. The van der Waals surface area contributed by atoms with E-state index in [0.717, 1.165) is 5.56 Å². The molecule has 0 aromatic heterocycles. The van der Waals surface area contributed by atoms with Gasteiger partial charge in [0, 0.05) is 26.0 Å². The molecule has 0 bridgehead atoms. The van der Waals surface area contributed by atoms with Crippen LogP contribution in [0.3, 0.4) is 0 Å². The smallest absolute Gasteiger partial charge is 0.310 e. The molecule has 0 amide bonds. The number of carboxylic acid groups (broad SMARTS) is 1. The van der Waals surface area contributed by atoms with Crippen LogP contribution in [0.4, 0.5) is 0 Å². The Balaban J connectivity index is 0.000000260. The first-order valence-electron chi connectivity index (χ1n) is 7.67. The molecule has 3 nitrogen and oxygen atoms in total. The second kappa shape index (κ2) is 10.2. The standard InChI is InChI=1S/C10H10Cl2O.C9H8Cl2O2/c1-6(7(2)13)9-4-3-8(11)5-10(9)12;1-5(9(12)13)7-3-2-6(10)4-8(7)11/h3-6H,1-2H3;2-5H,1H3,(H,12,13). The van der Waals surface area contributed by atoms with Gasteiger partial charge in [-0.05, 0) is 49.2 Å². The quantitative estimate of drug-likeness (QED) is 0.569. The zero-order valence-electron chi connectivity index (χ0n) is 14.4. The first kappa shape index (κ1) is 22.8. The van der Waals surface area contributed by atoms with Crippen LogP contribution in [0.1, 0.15) is 43.7 Å². The number of rotatable bonds is 4. The van der Waals surface area contributed by atoms with Gasteiger partial charge in [-0.2, -0.15) is 0 Å². The van der Waals surface area contributed by atoms with Crippen molar-refractivity contribution in [2.75, 3.05) is 0 Å². The molecule has 0 aliphatic rings. The molecule has 7 heteroatoms. The summed E-state index contributed by atoms with van der Waals surface area (Å²) in [5.41, 5.74) is 1.41. The maximum absolute atomic E-state index is 11.1. The number of Topliss-reactive ketones (excluding diaryl/α,β-unsaturated/α-hetero) is 1. The van der Waals surface area contributed by atoms with Crippen LogP contribution in [0.5, 0.6) is 0 Å². The number of benzene rings is 2. The summed E-state index contributed by atoms with van der Waals surface area (Å²) in [7, 11) is 0. The number of ketones is 1. The minimum absolute atomic E-state index is 0.101. The highest BCUT2D eigenvalue weighted by Crippen LogP contribution is 2.28. The fraction of sp³-hybridized carbons (Fsp3) is 0.263. The van der Waals surface area contributed by atoms with E-state index in [1.54, 1.807) is 44.2 Å². The summed E-state index contributed by atoms with van der Waals surface area (Å²) >= 11 is 23.2. The van der Waals surface area contributed by atoms with Crippen LogP contribution < -0.4 is 0 Å². The maximum atomic E-state index is 11.1. The fourth-order valence-electron chi connectivity index (χ4n) is 2.06. The van der Waals surface area contributed by atoms with Crippen molar-refractivity contribution in [3.8, 4) is 0 Å². The Morgan fingerprint density at radius 3 is 1.50 bits per heavy atom. The highest BCUT2D eigenvalue weighted by atomic mass is 35.5. The summed E-state index contributed by atoms with van der Waals surface area (Å²) in [5, 5.41) is 10.8. The van der Waals surface area contributed by atoms with Gasteiger partial charge in [-0.1, -0.05) is 65.5 Å². The largest absolute Gasteiger partial charge is 0.481 e. The van der Waals surface area contributed by atoms with Crippen LogP contribution in [0.15, 0.2) is 36.4 Å². The third-order valence-corrected chi connectivity index (χ3v) is 4.96. The van der Waals surface area contributed by atoms with Gasteiger partial charge in [0.15, 0.2) is 0 Å². The van der Waals surface area contributed by atoms with E-state index >= 15 is 0 Å².